The Morgan fingerprint density at radius 3 is 2.50 bits per heavy atom. The van der Waals surface area contributed by atoms with Crippen molar-refractivity contribution in [2.75, 3.05) is 6.61 Å². The minimum Gasteiger partial charge on any atom is -0.406 e. The van der Waals surface area contributed by atoms with E-state index in [1.54, 1.807) is 0 Å². The van der Waals surface area contributed by atoms with Crippen LogP contribution in [0.5, 0.6) is 5.75 Å². The lowest BCUT2D eigenvalue weighted by molar-refractivity contribution is -0.274. The molecule has 1 aromatic carbocycles. The number of aliphatic hydroxyl groups excluding tert-OH is 1. The monoisotopic (exact) mass is 290 g/mol. The molecule has 0 saturated carbocycles. The van der Waals surface area contributed by atoms with Gasteiger partial charge < -0.3 is 14.6 Å². The fraction of sp³-hybridized carbons (Fsp3) is 0.571. The molecular weight excluding hydrogens is 273 g/mol. The summed E-state index contributed by atoms with van der Waals surface area (Å²) in [6.07, 6.45) is -3.88. The van der Waals surface area contributed by atoms with Gasteiger partial charge in [0, 0.05) is 5.92 Å². The van der Waals surface area contributed by atoms with Gasteiger partial charge in [-0.15, -0.1) is 13.2 Å². The summed E-state index contributed by atoms with van der Waals surface area (Å²) >= 11 is 0. The molecule has 20 heavy (non-hydrogen) atoms. The highest BCUT2D eigenvalue weighted by Crippen LogP contribution is 2.26. The van der Waals surface area contributed by atoms with Crippen molar-refractivity contribution < 1.29 is 27.8 Å². The zero-order valence-corrected chi connectivity index (χ0v) is 11.1. The summed E-state index contributed by atoms with van der Waals surface area (Å²) in [6.45, 7) is 2.48. The number of alkyl halides is 3. The van der Waals surface area contributed by atoms with E-state index in [0.29, 0.717) is 13.0 Å². The molecule has 0 aromatic heterocycles. The molecule has 1 fully saturated rings. The average molecular weight is 290 g/mol. The van der Waals surface area contributed by atoms with Gasteiger partial charge in [0.2, 0.25) is 0 Å². The highest BCUT2D eigenvalue weighted by atomic mass is 19.4. The van der Waals surface area contributed by atoms with Crippen molar-refractivity contribution in [3.8, 4) is 5.75 Å². The van der Waals surface area contributed by atoms with Crippen molar-refractivity contribution in [3.63, 3.8) is 0 Å². The summed E-state index contributed by atoms with van der Waals surface area (Å²) in [5.74, 6) is -0.176. The van der Waals surface area contributed by atoms with Crippen LogP contribution in [0.3, 0.4) is 0 Å². The quantitative estimate of drug-likeness (QED) is 0.926. The number of hydrogen-bond donors (Lipinski definition) is 1. The van der Waals surface area contributed by atoms with Gasteiger partial charge in [0.1, 0.15) is 5.75 Å². The molecule has 3 unspecified atom stereocenters. The largest absolute Gasteiger partial charge is 0.573 e. The van der Waals surface area contributed by atoms with Gasteiger partial charge in [0.25, 0.3) is 0 Å². The Hall–Kier alpha value is -1.27. The van der Waals surface area contributed by atoms with E-state index in [1.165, 1.54) is 24.3 Å². The Morgan fingerprint density at radius 1 is 1.35 bits per heavy atom. The van der Waals surface area contributed by atoms with Crippen LogP contribution in [0.2, 0.25) is 0 Å². The van der Waals surface area contributed by atoms with Crippen LogP contribution in [0, 0.1) is 5.92 Å². The second kappa shape index (κ2) is 6.01. The molecule has 3 nitrogen and oxygen atoms in total. The molecule has 2 rings (SSSR count). The Balaban J connectivity index is 1.90. The molecule has 0 amide bonds. The van der Waals surface area contributed by atoms with Gasteiger partial charge in [-0.1, -0.05) is 12.1 Å². The third-order valence-electron chi connectivity index (χ3n) is 3.38. The molecule has 1 aromatic rings. The van der Waals surface area contributed by atoms with Gasteiger partial charge in [0.05, 0.1) is 18.8 Å². The van der Waals surface area contributed by atoms with Crippen LogP contribution in [-0.4, -0.2) is 30.3 Å². The van der Waals surface area contributed by atoms with Crippen molar-refractivity contribution in [1.29, 1.82) is 0 Å². The number of hydrogen-bond acceptors (Lipinski definition) is 3. The normalized spacial score (nSPS) is 24.6. The Kier molecular flexibility index (Phi) is 4.55. The molecule has 1 heterocycles. The third-order valence-corrected chi connectivity index (χ3v) is 3.38. The van der Waals surface area contributed by atoms with E-state index in [4.69, 9.17) is 4.74 Å². The summed E-state index contributed by atoms with van der Waals surface area (Å²) in [7, 11) is 0. The van der Waals surface area contributed by atoms with Crippen LogP contribution in [0.15, 0.2) is 24.3 Å². The molecule has 112 valence electrons. The van der Waals surface area contributed by atoms with E-state index in [0.717, 1.165) is 12.0 Å². The van der Waals surface area contributed by atoms with Gasteiger partial charge in [-0.05, 0) is 37.5 Å². The molecule has 1 aliphatic heterocycles. The minimum atomic E-state index is -4.68. The second-order valence-electron chi connectivity index (χ2n) is 5.10. The predicted octanol–water partition coefficient (Wildman–Crippen LogP) is 2.91. The van der Waals surface area contributed by atoms with Crippen molar-refractivity contribution in [3.05, 3.63) is 29.8 Å². The van der Waals surface area contributed by atoms with Crippen molar-refractivity contribution in [1.82, 2.24) is 0 Å². The molecule has 1 aliphatic rings. The van der Waals surface area contributed by atoms with Crippen molar-refractivity contribution >= 4 is 0 Å². The van der Waals surface area contributed by atoms with E-state index in [1.807, 2.05) is 6.92 Å². The maximum Gasteiger partial charge on any atom is 0.573 e. The standard InChI is InChI=1S/C14H17F3O3/c1-9-6-11(8-19-9)13(18)7-10-2-4-12(5-3-10)20-14(15,16)17/h2-5,9,11,13,18H,6-8H2,1H3. The van der Waals surface area contributed by atoms with Gasteiger partial charge in [-0.2, -0.15) is 0 Å². The van der Waals surface area contributed by atoms with Gasteiger partial charge >= 0.3 is 6.36 Å². The summed E-state index contributed by atoms with van der Waals surface area (Å²) in [4.78, 5) is 0. The summed E-state index contributed by atoms with van der Waals surface area (Å²) in [5.41, 5.74) is 0.770. The van der Waals surface area contributed by atoms with Gasteiger partial charge in [-0.25, -0.2) is 0 Å². The molecule has 0 bridgehead atoms. The number of halogens is 3. The Morgan fingerprint density at radius 2 is 2.00 bits per heavy atom. The summed E-state index contributed by atoms with van der Waals surface area (Å²) in [5, 5.41) is 10.1. The first-order chi connectivity index (χ1) is 9.33. The zero-order valence-electron chi connectivity index (χ0n) is 11.1. The first kappa shape index (κ1) is 15.1. The van der Waals surface area contributed by atoms with Crippen molar-refractivity contribution in [2.24, 2.45) is 5.92 Å². The number of aliphatic hydroxyl groups is 1. The van der Waals surface area contributed by atoms with Crippen molar-refractivity contribution in [2.45, 2.75) is 38.3 Å². The van der Waals surface area contributed by atoms with Gasteiger partial charge in [0.15, 0.2) is 0 Å². The Bertz CT molecular complexity index is 430. The van der Waals surface area contributed by atoms with Crippen LogP contribution in [0.25, 0.3) is 0 Å². The van der Waals surface area contributed by atoms with Crippen LogP contribution >= 0.6 is 0 Å². The van der Waals surface area contributed by atoms with E-state index in [9.17, 15) is 18.3 Å². The molecule has 0 radical (unpaired) electrons. The molecule has 6 heteroatoms. The fourth-order valence-electron chi connectivity index (χ4n) is 2.35. The molecular formula is C14H17F3O3. The van der Waals surface area contributed by atoms with E-state index >= 15 is 0 Å². The van der Waals surface area contributed by atoms with E-state index in [-0.39, 0.29) is 17.8 Å². The number of ether oxygens (including phenoxy) is 2. The SMILES string of the molecule is CC1CC(C(O)Cc2ccc(OC(F)(F)F)cc2)CO1. The minimum absolute atomic E-state index is 0.0797. The lowest BCUT2D eigenvalue weighted by atomic mass is 9.94. The van der Waals surface area contributed by atoms with Crippen LogP contribution in [0.4, 0.5) is 13.2 Å². The second-order valence-corrected chi connectivity index (χ2v) is 5.10. The Labute approximate surface area is 115 Å². The highest BCUT2D eigenvalue weighted by molar-refractivity contribution is 5.27. The summed E-state index contributed by atoms with van der Waals surface area (Å²) < 4.78 is 45.2. The first-order valence-electron chi connectivity index (χ1n) is 6.48. The number of benzene rings is 1. The lowest BCUT2D eigenvalue weighted by Crippen LogP contribution is -2.23. The molecule has 0 aliphatic carbocycles. The highest BCUT2D eigenvalue weighted by Gasteiger charge is 2.31. The molecule has 1 N–H and O–H groups in total. The van der Waals surface area contributed by atoms with Crippen LogP contribution in [0.1, 0.15) is 18.9 Å². The molecule has 3 atom stereocenters. The fourth-order valence-corrected chi connectivity index (χ4v) is 2.35. The third kappa shape index (κ3) is 4.38. The lowest BCUT2D eigenvalue weighted by Gasteiger charge is -2.17. The van der Waals surface area contributed by atoms with Crippen LogP contribution in [-0.2, 0) is 11.2 Å². The first-order valence-corrected chi connectivity index (χ1v) is 6.48. The van der Waals surface area contributed by atoms with Gasteiger partial charge in [-0.3, -0.25) is 0 Å². The molecule has 0 spiro atoms. The maximum absolute atomic E-state index is 12.0. The average Bonchev–Trinajstić information content (AvgIpc) is 2.77. The topological polar surface area (TPSA) is 38.7 Å². The maximum atomic E-state index is 12.0. The number of rotatable bonds is 4. The van der Waals surface area contributed by atoms with E-state index in [2.05, 4.69) is 4.74 Å². The summed E-state index contributed by atoms with van der Waals surface area (Å²) in [6, 6.07) is 5.57. The smallest absolute Gasteiger partial charge is 0.406 e. The predicted molar refractivity (Wildman–Crippen MR) is 66.4 cm³/mol. The molecule has 1 saturated heterocycles. The van der Waals surface area contributed by atoms with E-state index < -0.39 is 12.5 Å². The van der Waals surface area contributed by atoms with Crippen LogP contribution < -0.4 is 4.74 Å². The zero-order chi connectivity index (χ0) is 14.8.